The molecule has 0 radical (unpaired) electrons. The number of benzene rings is 2. The summed E-state index contributed by atoms with van der Waals surface area (Å²) < 4.78 is 42.3. The molecule has 0 atom stereocenters. The van der Waals surface area contributed by atoms with Gasteiger partial charge in [0.1, 0.15) is 0 Å². The van der Waals surface area contributed by atoms with E-state index in [0.717, 1.165) is 0 Å². The van der Waals surface area contributed by atoms with Crippen molar-refractivity contribution < 1.29 is 32.5 Å². The van der Waals surface area contributed by atoms with Gasteiger partial charge < -0.3 is 19.3 Å². The summed E-state index contributed by atoms with van der Waals surface area (Å²) in [6.45, 7) is 1.62. The zero-order valence-electron chi connectivity index (χ0n) is 16.7. The van der Waals surface area contributed by atoms with Gasteiger partial charge in [-0.25, -0.2) is 18.6 Å². The molecule has 0 spiro atoms. The van der Waals surface area contributed by atoms with Crippen molar-refractivity contribution in [2.75, 3.05) is 27.4 Å². The smallest absolute Gasteiger partial charge is 0.255 e. The Hall–Kier alpha value is -3.31. The first-order valence-electron chi connectivity index (χ1n) is 8.80. The van der Waals surface area contributed by atoms with E-state index in [-0.39, 0.29) is 22.1 Å². The van der Waals surface area contributed by atoms with Gasteiger partial charge in [-0.15, -0.1) is 0 Å². The molecule has 0 saturated carbocycles. The van der Waals surface area contributed by atoms with Gasteiger partial charge in [0, 0.05) is 11.6 Å². The maximum Gasteiger partial charge on any atom is 0.255 e. The molecule has 0 heterocycles. The first-order chi connectivity index (χ1) is 14.3. The SMILES string of the molecule is CCOc1cccc(/C=N\NC(=O)CNS(=O)(=O)c2ccc(OC)c(OC)c2)c1O. The number of hydrogen-bond donors (Lipinski definition) is 3. The van der Waals surface area contributed by atoms with Gasteiger partial charge in [0.05, 0.1) is 38.5 Å². The molecule has 2 rings (SSSR count). The molecular formula is C19H23N3O7S. The molecule has 0 aromatic heterocycles. The van der Waals surface area contributed by atoms with Gasteiger partial charge in [0.15, 0.2) is 23.0 Å². The first kappa shape index (κ1) is 23.0. The van der Waals surface area contributed by atoms with E-state index in [0.29, 0.717) is 17.9 Å². The van der Waals surface area contributed by atoms with Gasteiger partial charge in [-0.05, 0) is 31.2 Å². The maximum atomic E-state index is 12.4. The van der Waals surface area contributed by atoms with Gasteiger partial charge in [0.2, 0.25) is 10.0 Å². The van der Waals surface area contributed by atoms with Crippen molar-refractivity contribution in [3.63, 3.8) is 0 Å². The van der Waals surface area contributed by atoms with E-state index in [1.807, 2.05) is 0 Å². The van der Waals surface area contributed by atoms with Crippen molar-refractivity contribution in [2.45, 2.75) is 11.8 Å². The Bertz CT molecular complexity index is 1020. The van der Waals surface area contributed by atoms with Crippen LogP contribution in [0.3, 0.4) is 0 Å². The highest BCUT2D eigenvalue weighted by molar-refractivity contribution is 7.89. The lowest BCUT2D eigenvalue weighted by molar-refractivity contribution is -0.119. The van der Waals surface area contributed by atoms with Crippen LogP contribution in [0, 0.1) is 0 Å². The Balaban J connectivity index is 1.97. The monoisotopic (exact) mass is 437 g/mol. The maximum absolute atomic E-state index is 12.4. The summed E-state index contributed by atoms with van der Waals surface area (Å²) in [6.07, 6.45) is 1.22. The molecule has 1 amide bonds. The summed E-state index contributed by atoms with van der Waals surface area (Å²) >= 11 is 0. The van der Waals surface area contributed by atoms with Gasteiger partial charge in [0.25, 0.3) is 5.91 Å². The van der Waals surface area contributed by atoms with Crippen LogP contribution in [0.2, 0.25) is 0 Å². The molecule has 0 unspecified atom stereocenters. The van der Waals surface area contributed by atoms with E-state index >= 15 is 0 Å². The molecule has 3 N–H and O–H groups in total. The zero-order valence-corrected chi connectivity index (χ0v) is 17.5. The van der Waals surface area contributed by atoms with E-state index in [2.05, 4.69) is 15.2 Å². The topological polar surface area (TPSA) is 136 Å². The average Bonchev–Trinajstić information content (AvgIpc) is 2.74. The van der Waals surface area contributed by atoms with E-state index < -0.39 is 22.5 Å². The molecule has 0 aliphatic rings. The number of phenolic OH excluding ortho intramolecular Hbond substituents is 1. The van der Waals surface area contributed by atoms with E-state index in [1.165, 1.54) is 38.6 Å². The van der Waals surface area contributed by atoms with Crippen LogP contribution >= 0.6 is 0 Å². The molecular weight excluding hydrogens is 414 g/mol. The van der Waals surface area contributed by atoms with Crippen molar-refractivity contribution in [3.05, 3.63) is 42.0 Å². The van der Waals surface area contributed by atoms with Crippen molar-refractivity contribution in [3.8, 4) is 23.0 Å². The number of nitrogens with one attached hydrogen (secondary N) is 2. The fraction of sp³-hybridized carbons (Fsp3) is 0.263. The quantitative estimate of drug-likeness (QED) is 0.376. The van der Waals surface area contributed by atoms with E-state index in [4.69, 9.17) is 14.2 Å². The highest BCUT2D eigenvalue weighted by atomic mass is 32.2. The number of ether oxygens (including phenoxy) is 3. The molecule has 0 fully saturated rings. The lowest BCUT2D eigenvalue weighted by atomic mass is 10.2. The lowest BCUT2D eigenvalue weighted by Crippen LogP contribution is -2.34. The molecule has 0 saturated heterocycles. The summed E-state index contributed by atoms with van der Waals surface area (Å²) in [7, 11) is -1.15. The van der Waals surface area contributed by atoms with Crippen LogP contribution in [-0.4, -0.2) is 53.0 Å². The third kappa shape index (κ3) is 5.84. The number of phenols is 1. The van der Waals surface area contributed by atoms with Crippen molar-refractivity contribution in [1.82, 2.24) is 10.1 Å². The summed E-state index contributed by atoms with van der Waals surface area (Å²) in [6, 6.07) is 8.88. The first-order valence-corrected chi connectivity index (χ1v) is 10.3. The number of hydrogen-bond acceptors (Lipinski definition) is 8. The number of carbonyl (C=O) groups excluding carboxylic acids is 1. The Kier molecular flexibility index (Phi) is 8.01. The lowest BCUT2D eigenvalue weighted by Gasteiger charge is -2.10. The number of rotatable bonds is 10. The zero-order chi connectivity index (χ0) is 22.1. The summed E-state index contributed by atoms with van der Waals surface area (Å²) in [5.41, 5.74) is 2.51. The van der Waals surface area contributed by atoms with Crippen LogP contribution in [0.15, 0.2) is 46.4 Å². The third-order valence-corrected chi connectivity index (χ3v) is 5.21. The summed E-state index contributed by atoms with van der Waals surface area (Å²) in [4.78, 5) is 11.8. The second-order valence-corrected chi connectivity index (χ2v) is 7.53. The molecule has 2 aromatic carbocycles. The van der Waals surface area contributed by atoms with Gasteiger partial charge in [-0.3, -0.25) is 4.79 Å². The minimum Gasteiger partial charge on any atom is -0.504 e. The van der Waals surface area contributed by atoms with E-state index in [9.17, 15) is 18.3 Å². The van der Waals surface area contributed by atoms with Crippen LogP contribution in [0.5, 0.6) is 23.0 Å². The normalized spacial score (nSPS) is 11.3. The second-order valence-electron chi connectivity index (χ2n) is 5.76. The predicted octanol–water partition coefficient (Wildman–Crippen LogP) is 1.24. The Morgan fingerprint density at radius 1 is 1.13 bits per heavy atom. The fourth-order valence-electron chi connectivity index (χ4n) is 2.36. The number of amides is 1. The number of nitrogens with zero attached hydrogens (tertiary/aromatic N) is 1. The number of aromatic hydroxyl groups is 1. The minimum absolute atomic E-state index is 0.0888. The number of carbonyl (C=O) groups is 1. The van der Waals surface area contributed by atoms with Crippen LogP contribution in [0.25, 0.3) is 0 Å². The van der Waals surface area contributed by atoms with Gasteiger partial charge in [-0.1, -0.05) is 6.07 Å². The van der Waals surface area contributed by atoms with Gasteiger partial charge in [-0.2, -0.15) is 5.10 Å². The van der Waals surface area contributed by atoms with Crippen LogP contribution in [0.4, 0.5) is 0 Å². The minimum atomic E-state index is -3.96. The third-order valence-electron chi connectivity index (χ3n) is 3.81. The molecule has 0 bridgehead atoms. The molecule has 11 heteroatoms. The average molecular weight is 437 g/mol. The molecule has 0 aliphatic carbocycles. The molecule has 2 aromatic rings. The van der Waals surface area contributed by atoms with Crippen LogP contribution in [0.1, 0.15) is 12.5 Å². The fourth-order valence-corrected chi connectivity index (χ4v) is 3.35. The molecule has 10 nitrogen and oxygen atoms in total. The predicted molar refractivity (Wildman–Crippen MR) is 110 cm³/mol. The van der Waals surface area contributed by atoms with Crippen molar-refractivity contribution in [2.24, 2.45) is 5.10 Å². The largest absolute Gasteiger partial charge is 0.504 e. The van der Waals surface area contributed by atoms with Gasteiger partial charge >= 0.3 is 0 Å². The molecule has 30 heavy (non-hydrogen) atoms. The Labute approximate surface area is 174 Å². The number of para-hydroxylation sites is 1. The van der Waals surface area contributed by atoms with Crippen LogP contribution < -0.4 is 24.4 Å². The summed E-state index contributed by atoms with van der Waals surface area (Å²) in [5, 5.41) is 13.8. The number of methoxy groups -OCH3 is 2. The highest BCUT2D eigenvalue weighted by Gasteiger charge is 2.18. The van der Waals surface area contributed by atoms with Crippen LogP contribution in [-0.2, 0) is 14.8 Å². The molecule has 0 aliphatic heterocycles. The second kappa shape index (κ2) is 10.5. The highest BCUT2D eigenvalue weighted by Crippen LogP contribution is 2.29. The number of hydrazone groups is 1. The number of sulfonamides is 1. The Morgan fingerprint density at radius 2 is 1.87 bits per heavy atom. The van der Waals surface area contributed by atoms with Crippen molar-refractivity contribution in [1.29, 1.82) is 0 Å². The summed E-state index contributed by atoms with van der Waals surface area (Å²) in [5.74, 6) is 0.0846. The molecule has 162 valence electrons. The Morgan fingerprint density at radius 3 is 2.53 bits per heavy atom. The van der Waals surface area contributed by atoms with E-state index in [1.54, 1.807) is 25.1 Å². The standard InChI is InChI=1S/C19H23N3O7S/c1-4-29-16-7-5-6-13(19(16)24)11-20-22-18(23)12-21-30(25,26)14-8-9-15(27-2)17(10-14)28-3/h5-11,21,24H,4,12H2,1-3H3,(H,22,23)/b20-11-. The van der Waals surface area contributed by atoms with Crippen molar-refractivity contribution >= 4 is 22.1 Å².